The molecule has 85 valence electrons. The van der Waals surface area contributed by atoms with Crippen molar-refractivity contribution in [2.75, 3.05) is 0 Å². The van der Waals surface area contributed by atoms with Gasteiger partial charge >= 0.3 is 0 Å². The van der Waals surface area contributed by atoms with Crippen LogP contribution in [0.25, 0.3) is 0 Å². The first-order chi connectivity index (χ1) is 8.40. The largest absolute Gasteiger partial charge is 0.103 e. The van der Waals surface area contributed by atoms with Gasteiger partial charge in [0.15, 0.2) is 0 Å². The van der Waals surface area contributed by atoms with Gasteiger partial charge in [0.2, 0.25) is 0 Å². The van der Waals surface area contributed by atoms with Crippen molar-refractivity contribution >= 4 is 0 Å². The summed E-state index contributed by atoms with van der Waals surface area (Å²) in [6.45, 7) is 3.85. The van der Waals surface area contributed by atoms with E-state index in [-0.39, 0.29) is 0 Å². The number of allylic oxidation sites excluding steroid dienone is 1. The van der Waals surface area contributed by atoms with Crippen LogP contribution in [-0.2, 0) is 6.42 Å². The molecular weight excluding hydrogens is 204 g/mol. The molecule has 2 aromatic carbocycles. The maximum atomic E-state index is 3.85. The van der Waals surface area contributed by atoms with Crippen molar-refractivity contribution in [2.45, 2.75) is 12.8 Å². The van der Waals surface area contributed by atoms with Gasteiger partial charge in [0.05, 0.1) is 0 Å². The summed E-state index contributed by atoms with van der Waals surface area (Å²) in [5.74, 6) is 1.42. The fourth-order valence-corrected chi connectivity index (χ4v) is 1.98. The molecule has 0 bridgehead atoms. The molecular formula is C17H17. The molecule has 0 aliphatic rings. The van der Waals surface area contributed by atoms with Crippen LogP contribution in [0.3, 0.4) is 0 Å². The predicted octanol–water partition coefficient (Wildman–Crippen LogP) is 4.43. The molecule has 0 nitrogen and oxygen atoms in total. The van der Waals surface area contributed by atoms with Gasteiger partial charge < -0.3 is 0 Å². The van der Waals surface area contributed by atoms with Gasteiger partial charge in [0, 0.05) is 5.92 Å². The maximum Gasteiger partial charge on any atom is 0.0131 e. The molecule has 0 amide bonds. The summed E-state index contributed by atoms with van der Waals surface area (Å²) in [6.07, 6.45) is 3.92. The highest BCUT2D eigenvalue weighted by Crippen LogP contribution is 2.23. The molecule has 0 atom stereocenters. The highest BCUT2D eigenvalue weighted by molar-refractivity contribution is 5.35. The Morgan fingerprint density at radius 2 is 1.47 bits per heavy atom. The van der Waals surface area contributed by atoms with Crippen molar-refractivity contribution in [2.24, 2.45) is 0 Å². The third-order valence-electron chi connectivity index (χ3n) is 2.83. The minimum Gasteiger partial charge on any atom is -0.103 e. The van der Waals surface area contributed by atoms with Crippen molar-refractivity contribution < 1.29 is 0 Å². The average molecular weight is 221 g/mol. The number of hydrogen-bond donors (Lipinski definition) is 0. The molecule has 2 aromatic rings. The summed E-state index contributed by atoms with van der Waals surface area (Å²) in [5.41, 5.74) is 2.67. The Morgan fingerprint density at radius 1 is 0.882 bits per heavy atom. The number of benzene rings is 2. The predicted molar refractivity (Wildman–Crippen MR) is 73.7 cm³/mol. The lowest BCUT2D eigenvalue weighted by Crippen LogP contribution is -2.02. The van der Waals surface area contributed by atoms with Crippen LogP contribution >= 0.6 is 0 Å². The SMILES string of the molecule is C=CC[C](Cc1ccccc1)c1ccccc1. The van der Waals surface area contributed by atoms with Crippen molar-refractivity contribution in [1.29, 1.82) is 0 Å². The van der Waals surface area contributed by atoms with E-state index in [2.05, 4.69) is 67.2 Å². The summed E-state index contributed by atoms with van der Waals surface area (Å²) < 4.78 is 0. The van der Waals surface area contributed by atoms with Crippen LogP contribution in [0, 0.1) is 5.92 Å². The molecule has 0 aliphatic heterocycles. The van der Waals surface area contributed by atoms with Crippen molar-refractivity contribution in [3.05, 3.63) is 90.4 Å². The van der Waals surface area contributed by atoms with Crippen LogP contribution in [0.4, 0.5) is 0 Å². The number of hydrogen-bond acceptors (Lipinski definition) is 0. The molecule has 0 aromatic heterocycles. The van der Waals surface area contributed by atoms with Gasteiger partial charge in [-0.25, -0.2) is 0 Å². The molecule has 0 saturated heterocycles. The van der Waals surface area contributed by atoms with E-state index in [9.17, 15) is 0 Å². The van der Waals surface area contributed by atoms with Crippen LogP contribution in [-0.4, -0.2) is 0 Å². The van der Waals surface area contributed by atoms with Crippen molar-refractivity contribution in [1.82, 2.24) is 0 Å². The first-order valence-corrected chi connectivity index (χ1v) is 5.95. The van der Waals surface area contributed by atoms with Crippen LogP contribution in [0.5, 0.6) is 0 Å². The molecule has 0 aliphatic carbocycles. The minimum atomic E-state index is 0.943. The third-order valence-corrected chi connectivity index (χ3v) is 2.83. The van der Waals surface area contributed by atoms with E-state index in [4.69, 9.17) is 0 Å². The topological polar surface area (TPSA) is 0 Å². The van der Waals surface area contributed by atoms with E-state index in [1.165, 1.54) is 17.0 Å². The standard InChI is InChI=1S/C17H17/c1-2-9-17(16-12-7-4-8-13-16)14-15-10-5-3-6-11-15/h2-8,10-13H,1,9,14H2. The highest BCUT2D eigenvalue weighted by Gasteiger charge is 2.10. The Kier molecular flexibility index (Phi) is 4.15. The summed E-state index contributed by atoms with van der Waals surface area (Å²) >= 11 is 0. The summed E-state index contributed by atoms with van der Waals surface area (Å²) in [4.78, 5) is 0. The van der Waals surface area contributed by atoms with Gasteiger partial charge in [-0.15, -0.1) is 6.58 Å². The van der Waals surface area contributed by atoms with Crippen LogP contribution in [0.15, 0.2) is 73.3 Å². The first kappa shape index (κ1) is 11.7. The normalized spacial score (nSPS) is 10.4. The Labute approximate surface area is 104 Å². The third kappa shape index (κ3) is 3.32. The van der Waals surface area contributed by atoms with Gasteiger partial charge in [-0.05, 0) is 24.0 Å². The molecule has 0 saturated carbocycles. The zero-order valence-electron chi connectivity index (χ0n) is 9.97. The molecule has 1 radical (unpaired) electrons. The summed E-state index contributed by atoms with van der Waals surface area (Å²) in [6, 6.07) is 21.1. The zero-order chi connectivity index (χ0) is 11.9. The Balaban J connectivity index is 2.16. The van der Waals surface area contributed by atoms with Crippen LogP contribution in [0.2, 0.25) is 0 Å². The van der Waals surface area contributed by atoms with Gasteiger partial charge in [-0.3, -0.25) is 0 Å². The minimum absolute atomic E-state index is 0.943. The van der Waals surface area contributed by atoms with Gasteiger partial charge in [-0.1, -0.05) is 66.7 Å². The highest BCUT2D eigenvalue weighted by atomic mass is 14.1. The van der Waals surface area contributed by atoms with E-state index in [0.29, 0.717) is 0 Å². The fourth-order valence-electron chi connectivity index (χ4n) is 1.98. The second-order valence-corrected chi connectivity index (χ2v) is 4.12. The maximum absolute atomic E-state index is 3.85. The molecule has 17 heavy (non-hydrogen) atoms. The van der Waals surface area contributed by atoms with Crippen molar-refractivity contribution in [3.8, 4) is 0 Å². The second kappa shape index (κ2) is 6.05. The van der Waals surface area contributed by atoms with Crippen LogP contribution in [0.1, 0.15) is 17.5 Å². The Bertz CT molecular complexity index is 442. The Hall–Kier alpha value is -1.82. The second-order valence-electron chi connectivity index (χ2n) is 4.12. The average Bonchev–Trinajstić information content (AvgIpc) is 2.40. The smallest absolute Gasteiger partial charge is 0.0131 e. The van der Waals surface area contributed by atoms with E-state index >= 15 is 0 Å². The lowest BCUT2D eigenvalue weighted by atomic mass is 9.89. The first-order valence-electron chi connectivity index (χ1n) is 5.95. The molecule has 0 heterocycles. The molecule has 0 N–H and O–H groups in total. The van der Waals surface area contributed by atoms with E-state index in [1.807, 2.05) is 6.08 Å². The van der Waals surface area contributed by atoms with E-state index in [0.717, 1.165) is 12.8 Å². The molecule has 0 spiro atoms. The molecule has 0 unspecified atom stereocenters. The van der Waals surface area contributed by atoms with Gasteiger partial charge in [0.1, 0.15) is 0 Å². The van der Waals surface area contributed by atoms with Gasteiger partial charge in [-0.2, -0.15) is 0 Å². The molecule has 0 fully saturated rings. The van der Waals surface area contributed by atoms with E-state index in [1.54, 1.807) is 0 Å². The Morgan fingerprint density at radius 3 is 2.06 bits per heavy atom. The van der Waals surface area contributed by atoms with E-state index < -0.39 is 0 Å². The van der Waals surface area contributed by atoms with Crippen molar-refractivity contribution in [3.63, 3.8) is 0 Å². The lowest BCUT2D eigenvalue weighted by molar-refractivity contribution is 0.922. The fraction of sp³-hybridized carbons (Fsp3) is 0.118. The lowest BCUT2D eigenvalue weighted by Gasteiger charge is -2.14. The molecule has 2 rings (SSSR count). The summed E-state index contributed by atoms with van der Waals surface area (Å²) in [7, 11) is 0. The van der Waals surface area contributed by atoms with Gasteiger partial charge in [0.25, 0.3) is 0 Å². The zero-order valence-corrected chi connectivity index (χ0v) is 9.97. The molecule has 0 heteroatoms. The quantitative estimate of drug-likeness (QED) is 0.655. The number of rotatable bonds is 5. The van der Waals surface area contributed by atoms with Crippen LogP contribution < -0.4 is 0 Å². The monoisotopic (exact) mass is 221 g/mol. The summed E-state index contributed by atoms with van der Waals surface area (Å²) in [5, 5.41) is 0.